The molecule has 0 aromatic heterocycles. The Hall–Kier alpha value is -0.130. The van der Waals surface area contributed by atoms with Crippen LogP contribution < -0.4 is 5.32 Å². The van der Waals surface area contributed by atoms with E-state index in [1.54, 1.807) is 0 Å². The third-order valence-electron chi connectivity index (χ3n) is 2.62. The minimum absolute atomic E-state index is 0.170. The van der Waals surface area contributed by atoms with Crippen LogP contribution in [0.3, 0.4) is 0 Å². The zero-order valence-electron chi connectivity index (χ0n) is 9.96. The highest BCUT2D eigenvalue weighted by molar-refractivity contribution is 7.92. The number of sulfone groups is 1. The highest BCUT2D eigenvalue weighted by Gasteiger charge is 2.47. The summed E-state index contributed by atoms with van der Waals surface area (Å²) in [5.74, 6) is 0. The lowest BCUT2D eigenvalue weighted by Gasteiger charge is -2.40. The van der Waals surface area contributed by atoms with Crippen LogP contribution in [0.2, 0.25) is 0 Å². The van der Waals surface area contributed by atoms with Gasteiger partial charge in [-0.15, -0.1) is 0 Å². The molecule has 1 aliphatic heterocycles. The van der Waals surface area contributed by atoms with Crippen molar-refractivity contribution >= 4 is 9.84 Å². The van der Waals surface area contributed by atoms with E-state index in [-0.39, 0.29) is 5.41 Å². The summed E-state index contributed by atoms with van der Waals surface area (Å²) in [6.45, 7) is 8.29. The van der Waals surface area contributed by atoms with Crippen molar-refractivity contribution in [3.05, 3.63) is 0 Å². The molecule has 1 heterocycles. The molecular formula is C10H21NO3S. The first kappa shape index (κ1) is 12.9. The van der Waals surface area contributed by atoms with Gasteiger partial charge in [-0.25, -0.2) is 8.42 Å². The summed E-state index contributed by atoms with van der Waals surface area (Å²) in [5.41, 5.74) is 0.170. The van der Waals surface area contributed by atoms with Crippen molar-refractivity contribution in [3.8, 4) is 0 Å². The van der Waals surface area contributed by atoms with E-state index in [1.807, 2.05) is 0 Å². The van der Waals surface area contributed by atoms with Crippen LogP contribution in [0.15, 0.2) is 0 Å². The van der Waals surface area contributed by atoms with Crippen molar-refractivity contribution in [2.75, 3.05) is 32.6 Å². The van der Waals surface area contributed by atoms with E-state index in [0.29, 0.717) is 19.8 Å². The van der Waals surface area contributed by atoms with Crippen LogP contribution >= 0.6 is 0 Å². The largest absolute Gasteiger partial charge is 0.378 e. The lowest BCUT2D eigenvalue weighted by Crippen LogP contribution is -2.61. The summed E-state index contributed by atoms with van der Waals surface area (Å²) in [6, 6.07) is 0. The summed E-state index contributed by atoms with van der Waals surface area (Å²) in [6.07, 6.45) is 1.29. The molecule has 1 rings (SSSR count). The first-order valence-electron chi connectivity index (χ1n) is 5.14. The zero-order chi connectivity index (χ0) is 11.7. The molecule has 0 unspecified atom stereocenters. The summed E-state index contributed by atoms with van der Waals surface area (Å²) in [4.78, 5) is 0. The lowest BCUT2D eigenvalue weighted by atomic mass is 9.96. The molecule has 0 aromatic rings. The number of ether oxygens (including phenoxy) is 1. The van der Waals surface area contributed by atoms with Crippen molar-refractivity contribution in [2.45, 2.75) is 25.5 Å². The van der Waals surface area contributed by atoms with Gasteiger partial charge < -0.3 is 10.1 Å². The SMILES string of the molecule is CC(C)(C)CNCC1(S(C)(=O)=O)COC1. The fraction of sp³-hybridized carbons (Fsp3) is 1.00. The summed E-state index contributed by atoms with van der Waals surface area (Å²) in [7, 11) is -3.03. The van der Waals surface area contributed by atoms with Crippen LogP contribution in [0.1, 0.15) is 20.8 Å². The van der Waals surface area contributed by atoms with E-state index in [4.69, 9.17) is 4.74 Å². The molecule has 0 aliphatic carbocycles. The predicted molar refractivity (Wildman–Crippen MR) is 60.7 cm³/mol. The Bertz CT molecular complexity index is 312. The van der Waals surface area contributed by atoms with Crippen LogP contribution in [0.4, 0.5) is 0 Å². The van der Waals surface area contributed by atoms with E-state index in [1.165, 1.54) is 6.26 Å². The smallest absolute Gasteiger partial charge is 0.158 e. The lowest BCUT2D eigenvalue weighted by molar-refractivity contribution is -0.0131. The molecule has 0 saturated carbocycles. The average Bonchev–Trinajstić information content (AvgIpc) is 1.89. The predicted octanol–water partition coefficient (Wildman–Crippen LogP) is 0.436. The number of hydrogen-bond donors (Lipinski definition) is 1. The summed E-state index contributed by atoms with van der Waals surface area (Å²) < 4.78 is 27.5. The van der Waals surface area contributed by atoms with Gasteiger partial charge in [-0.1, -0.05) is 20.8 Å². The molecule has 0 bridgehead atoms. The molecule has 5 heteroatoms. The fourth-order valence-electron chi connectivity index (χ4n) is 1.44. The van der Waals surface area contributed by atoms with Crippen LogP contribution in [-0.4, -0.2) is 45.7 Å². The Kier molecular flexibility index (Phi) is 3.48. The van der Waals surface area contributed by atoms with Gasteiger partial charge in [0.25, 0.3) is 0 Å². The van der Waals surface area contributed by atoms with Gasteiger partial charge >= 0.3 is 0 Å². The Morgan fingerprint density at radius 3 is 2.13 bits per heavy atom. The van der Waals surface area contributed by atoms with Gasteiger partial charge in [0.2, 0.25) is 0 Å². The quantitative estimate of drug-likeness (QED) is 0.768. The van der Waals surface area contributed by atoms with Crippen molar-refractivity contribution in [2.24, 2.45) is 5.41 Å². The molecule has 1 aliphatic rings. The average molecular weight is 235 g/mol. The number of hydrogen-bond acceptors (Lipinski definition) is 4. The standard InChI is InChI=1S/C10H21NO3S/c1-9(2,3)5-11-6-10(7-14-8-10)15(4,12)13/h11H,5-8H2,1-4H3. The summed E-state index contributed by atoms with van der Waals surface area (Å²) in [5, 5.41) is 3.22. The fourth-order valence-corrected chi connectivity index (χ4v) is 2.40. The van der Waals surface area contributed by atoms with Gasteiger partial charge in [0.05, 0.1) is 13.2 Å². The number of nitrogens with one attached hydrogen (secondary N) is 1. The summed E-state index contributed by atoms with van der Waals surface area (Å²) >= 11 is 0. The maximum atomic E-state index is 11.6. The molecule has 1 fully saturated rings. The molecule has 0 aromatic carbocycles. The molecule has 15 heavy (non-hydrogen) atoms. The topological polar surface area (TPSA) is 55.4 Å². The molecule has 0 radical (unpaired) electrons. The van der Waals surface area contributed by atoms with Crippen molar-refractivity contribution in [1.82, 2.24) is 5.32 Å². The van der Waals surface area contributed by atoms with Gasteiger partial charge in [-0.3, -0.25) is 0 Å². The monoisotopic (exact) mass is 235 g/mol. The molecule has 0 spiro atoms. The Labute approximate surface area is 92.3 Å². The zero-order valence-corrected chi connectivity index (χ0v) is 10.8. The second-order valence-electron chi connectivity index (χ2n) is 5.61. The van der Waals surface area contributed by atoms with E-state index >= 15 is 0 Å². The molecule has 1 saturated heterocycles. The first-order valence-corrected chi connectivity index (χ1v) is 7.04. The van der Waals surface area contributed by atoms with Gasteiger partial charge in [0.1, 0.15) is 4.75 Å². The van der Waals surface area contributed by atoms with Crippen LogP contribution in [0.5, 0.6) is 0 Å². The minimum Gasteiger partial charge on any atom is -0.378 e. The maximum Gasteiger partial charge on any atom is 0.158 e. The van der Waals surface area contributed by atoms with Crippen LogP contribution in [-0.2, 0) is 14.6 Å². The van der Waals surface area contributed by atoms with E-state index in [9.17, 15) is 8.42 Å². The molecular weight excluding hydrogens is 214 g/mol. The van der Waals surface area contributed by atoms with Crippen LogP contribution in [0.25, 0.3) is 0 Å². The molecule has 4 nitrogen and oxygen atoms in total. The van der Waals surface area contributed by atoms with Crippen molar-refractivity contribution in [1.29, 1.82) is 0 Å². The Morgan fingerprint density at radius 2 is 1.87 bits per heavy atom. The highest BCUT2D eigenvalue weighted by Crippen LogP contribution is 2.25. The Balaban J connectivity index is 2.50. The molecule has 0 atom stereocenters. The van der Waals surface area contributed by atoms with Crippen molar-refractivity contribution in [3.63, 3.8) is 0 Å². The van der Waals surface area contributed by atoms with Crippen LogP contribution in [0, 0.1) is 5.41 Å². The number of rotatable bonds is 4. The highest BCUT2D eigenvalue weighted by atomic mass is 32.2. The van der Waals surface area contributed by atoms with E-state index < -0.39 is 14.6 Å². The normalized spacial score (nSPS) is 21.1. The van der Waals surface area contributed by atoms with E-state index in [0.717, 1.165) is 6.54 Å². The van der Waals surface area contributed by atoms with Gasteiger partial charge in [-0.05, 0) is 5.41 Å². The first-order chi connectivity index (χ1) is 6.66. The molecule has 0 amide bonds. The van der Waals surface area contributed by atoms with Gasteiger partial charge in [0.15, 0.2) is 9.84 Å². The minimum atomic E-state index is -3.03. The maximum absolute atomic E-state index is 11.6. The second kappa shape index (κ2) is 4.03. The molecule has 90 valence electrons. The van der Waals surface area contributed by atoms with Crippen molar-refractivity contribution < 1.29 is 13.2 Å². The third kappa shape index (κ3) is 3.16. The van der Waals surface area contributed by atoms with Gasteiger partial charge in [-0.2, -0.15) is 0 Å². The second-order valence-corrected chi connectivity index (χ2v) is 8.02. The van der Waals surface area contributed by atoms with E-state index in [2.05, 4.69) is 26.1 Å². The Morgan fingerprint density at radius 1 is 1.33 bits per heavy atom. The van der Waals surface area contributed by atoms with Gasteiger partial charge in [0, 0.05) is 19.3 Å². The molecule has 1 N–H and O–H groups in total. The third-order valence-corrected chi connectivity index (χ3v) is 4.57.